The van der Waals surface area contributed by atoms with Gasteiger partial charge in [-0.1, -0.05) is 60.7 Å². The van der Waals surface area contributed by atoms with Crippen molar-refractivity contribution in [3.8, 4) is 0 Å². The van der Waals surface area contributed by atoms with Crippen LogP contribution in [0.4, 0.5) is 20.2 Å². The minimum Gasteiger partial charge on any atom is -0.478 e. The van der Waals surface area contributed by atoms with Crippen LogP contribution in [-0.2, 0) is 19.1 Å². The molecule has 2 heterocycles. The number of benzene rings is 4. The van der Waals surface area contributed by atoms with E-state index in [1.807, 2.05) is 26.0 Å². The van der Waals surface area contributed by atoms with E-state index in [0.717, 1.165) is 43.5 Å². The Labute approximate surface area is 335 Å². The summed E-state index contributed by atoms with van der Waals surface area (Å²) in [7, 11) is 0. The predicted molar refractivity (Wildman–Crippen MR) is 225 cm³/mol. The Morgan fingerprint density at radius 1 is 0.684 bits per heavy atom. The van der Waals surface area contributed by atoms with Gasteiger partial charge in [-0.05, 0) is 101 Å². The summed E-state index contributed by atoms with van der Waals surface area (Å²) >= 11 is 0. The molecule has 6 rings (SSSR count). The van der Waals surface area contributed by atoms with Gasteiger partial charge in [-0.2, -0.15) is 0 Å². The number of halogens is 2. The molecule has 4 aromatic rings. The van der Waals surface area contributed by atoms with Gasteiger partial charge in [0.25, 0.3) is 0 Å². The molecule has 6 atom stereocenters. The van der Waals surface area contributed by atoms with Crippen LogP contribution in [0.3, 0.4) is 0 Å². The van der Waals surface area contributed by atoms with Gasteiger partial charge in [0.05, 0.1) is 30.5 Å². The van der Waals surface area contributed by atoms with Gasteiger partial charge in [0, 0.05) is 66.9 Å². The van der Waals surface area contributed by atoms with E-state index in [9.17, 15) is 18.4 Å². The molecule has 0 spiro atoms. The Morgan fingerprint density at radius 3 is 1.54 bits per heavy atom. The normalized spacial score (nSPS) is 20.5. The SMILES string of the molecule is C[C@@H]1CN(c2cccc([C@H](C)N)c2)C[C@H](C)O1.C[C@@H]1CN(c2cccc([C@H](C)NC(=O)/C=C/c3ccccc3F)c2)C[C@H](C)O1.O=C(O)/C=C/c1ccccc1F. The molecule has 2 fully saturated rings. The first-order valence-electron chi connectivity index (χ1n) is 19.3. The minimum absolute atomic E-state index is 0.0887. The van der Waals surface area contributed by atoms with Gasteiger partial charge in [-0.15, -0.1) is 0 Å². The van der Waals surface area contributed by atoms with Gasteiger partial charge in [0.15, 0.2) is 0 Å². The molecule has 2 aliphatic rings. The number of nitrogens with zero attached hydrogens (tertiary/aromatic N) is 2. The number of anilines is 2. The van der Waals surface area contributed by atoms with E-state index in [0.29, 0.717) is 5.56 Å². The quantitative estimate of drug-likeness (QED) is 0.145. The summed E-state index contributed by atoms with van der Waals surface area (Å²) < 4.78 is 38.0. The number of ether oxygens (including phenoxy) is 2. The van der Waals surface area contributed by atoms with Gasteiger partial charge >= 0.3 is 5.97 Å². The lowest BCUT2D eigenvalue weighted by atomic mass is 10.1. The number of carbonyl (C=O) groups is 2. The molecular weight excluding hydrogens is 727 g/mol. The molecule has 9 nitrogen and oxygen atoms in total. The van der Waals surface area contributed by atoms with Crippen LogP contribution in [0, 0.1) is 11.6 Å². The van der Waals surface area contributed by atoms with Crippen LogP contribution in [-0.4, -0.2) is 67.6 Å². The van der Waals surface area contributed by atoms with Gasteiger partial charge in [-0.25, -0.2) is 13.6 Å². The van der Waals surface area contributed by atoms with Crippen molar-refractivity contribution >= 4 is 35.4 Å². The zero-order valence-electron chi connectivity index (χ0n) is 33.6. The number of hydrogen-bond donors (Lipinski definition) is 3. The maximum Gasteiger partial charge on any atom is 0.328 e. The lowest BCUT2D eigenvalue weighted by Crippen LogP contribution is -2.45. The Morgan fingerprint density at radius 2 is 1.11 bits per heavy atom. The molecule has 304 valence electrons. The molecule has 0 radical (unpaired) electrons. The highest BCUT2D eigenvalue weighted by atomic mass is 19.1. The van der Waals surface area contributed by atoms with Crippen LogP contribution < -0.4 is 20.9 Å². The highest BCUT2D eigenvalue weighted by molar-refractivity contribution is 5.92. The van der Waals surface area contributed by atoms with Crippen LogP contribution in [0.2, 0.25) is 0 Å². The van der Waals surface area contributed by atoms with E-state index in [1.54, 1.807) is 30.3 Å². The minimum atomic E-state index is -1.08. The van der Waals surface area contributed by atoms with Crippen LogP contribution in [0.5, 0.6) is 0 Å². The van der Waals surface area contributed by atoms with Gasteiger partial charge in [0.1, 0.15) is 11.6 Å². The smallest absolute Gasteiger partial charge is 0.328 e. The number of carbonyl (C=O) groups excluding carboxylic acids is 1. The van der Waals surface area contributed by atoms with Crippen LogP contribution in [0.25, 0.3) is 12.2 Å². The fourth-order valence-electron chi connectivity index (χ4n) is 6.66. The number of nitrogens with one attached hydrogen (secondary N) is 1. The molecule has 0 aliphatic carbocycles. The number of aliphatic carboxylic acids is 1. The third-order valence-electron chi connectivity index (χ3n) is 9.32. The highest BCUT2D eigenvalue weighted by Gasteiger charge is 2.24. The van der Waals surface area contributed by atoms with E-state index in [-0.39, 0.29) is 53.8 Å². The maximum atomic E-state index is 13.6. The second-order valence-electron chi connectivity index (χ2n) is 14.6. The van der Waals surface area contributed by atoms with Crippen molar-refractivity contribution in [2.45, 2.75) is 78.0 Å². The molecule has 4 N–H and O–H groups in total. The van der Waals surface area contributed by atoms with Crippen molar-refractivity contribution in [3.05, 3.63) is 143 Å². The summed E-state index contributed by atoms with van der Waals surface area (Å²) in [5.74, 6) is -2.11. The average molecular weight is 783 g/mol. The van der Waals surface area contributed by atoms with Gasteiger partial charge < -0.3 is 35.4 Å². The van der Waals surface area contributed by atoms with Crippen molar-refractivity contribution in [2.24, 2.45) is 5.73 Å². The number of morpholine rings is 2. The van der Waals surface area contributed by atoms with Crippen molar-refractivity contribution < 1.29 is 33.0 Å². The molecule has 1 amide bonds. The maximum absolute atomic E-state index is 13.6. The lowest BCUT2D eigenvalue weighted by Gasteiger charge is -2.37. The summed E-state index contributed by atoms with van der Waals surface area (Å²) in [6.07, 6.45) is 5.93. The van der Waals surface area contributed by atoms with Crippen LogP contribution in [0.1, 0.15) is 75.9 Å². The molecule has 0 bridgehead atoms. The van der Waals surface area contributed by atoms with Crippen molar-refractivity contribution in [2.75, 3.05) is 36.0 Å². The third-order valence-corrected chi connectivity index (χ3v) is 9.32. The number of nitrogens with two attached hydrogens (primary N) is 1. The number of amides is 1. The number of carboxylic acid groups (broad SMARTS) is 1. The molecule has 0 saturated carbocycles. The summed E-state index contributed by atoms with van der Waals surface area (Å²) in [4.78, 5) is 27.0. The molecular formula is C46H56F2N4O5. The average Bonchev–Trinajstić information content (AvgIpc) is 3.17. The van der Waals surface area contributed by atoms with E-state index >= 15 is 0 Å². The molecule has 0 unspecified atom stereocenters. The molecule has 57 heavy (non-hydrogen) atoms. The van der Waals surface area contributed by atoms with Crippen molar-refractivity contribution in [3.63, 3.8) is 0 Å². The number of hydrogen-bond acceptors (Lipinski definition) is 7. The van der Waals surface area contributed by atoms with E-state index in [2.05, 4.69) is 79.2 Å². The second-order valence-corrected chi connectivity index (χ2v) is 14.6. The monoisotopic (exact) mass is 782 g/mol. The third kappa shape index (κ3) is 14.6. The Bertz CT molecular complexity index is 1950. The number of rotatable bonds is 9. The first-order chi connectivity index (χ1) is 27.2. The highest BCUT2D eigenvalue weighted by Crippen LogP contribution is 2.25. The van der Waals surface area contributed by atoms with E-state index in [4.69, 9.17) is 20.3 Å². The van der Waals surface area contributed by atoms with Crippen molar-refractivity contribution in [1.82, 2.24) is 5.32 Å². The molecule has 0 aromatic heterocycles. The van der Waals surface area contributed by atoms with E-state index < -0.39 is 11.8 Å². The topological polar surface area (TPSA) is 117 Å². The Hall–Kier alpha value is -5.36. The Balaban J connectivity index is 0.000000210. The largest absolute Gasteiger partial charge is 0.478 e. The molecule has 2 aliphatic heterocycles. The summed E-state index contributed by atoms with van der Waals surface area (Å²) in [6, 6.07) is 29.0. The first kappa shape index (κ1) is 44.4. The number of carboxylic acids is 1. The Kier molecular flexibility index (Phi) is 17.0. The van der Waals surface area contributed by atoms with E-state index in [1.165, 1.54) is 47.7 Å². The summed E-state index contributed by atoms with van der Waals surface area (Å²) in [5.41, 5.74) is 11.2. The zero-order valence-corrected chi connectivity index (χ0v) is 33.6. The molecule has 2 saturated heterocycles. The second kappa shape index (κ2) is 21.8. The van der Waals surface area contributed by atoms with Gasteiger partial charge in [-0.3, -0.25) is 4.79 Å². The lowest BCUT2D eigenvalue weighted by molar-refractivity contribution is -0.131. The zero-order chi connectivity index (χ0) is 41.5. The molecule has 4 aromatic carbocycles. The summed E-state index contributed by atoms with van der Waals surface area (Å²) in [5, 5.41) is 11.2. The first-order valence-corrected chi connectivity index (χ1v) is 19.3. The van der Waals surface area contributed by atoms with Gasteiger partial charge in [0.2, 0.25) is 5.91 Å². The molecule has 11 heteroatoms. The predicted octanol–water partition coefficient (Wildman–Crippen LogP) is 8.57. The summed E-state index contributed by atoms with van der Waals surface area (Å²) in [6.45, 7) is 16.0. The fourth-order valence-corrected chi connectivity index (χ4v) is 6.66. The fraction of sp³-hybridized carbons (Fsp3) is 0.348. The van der Waals surface area contributed by atoms with Crippen LogP contribution in [0.15, 0.2) is 109 Å². The van der Waals surface area contributed by atoms with Crippen molar-refractivity contribution in [1.29, 1.82) is 0 Å². The standard InChI is InChI=1S/C23H27FN2O2.C14H22N2O.C9H7FO2/c1-16-14-26(15-17(2)28-16)21-9-6-8-20(13-21)18(3)25-23(27)12-11-19-7-4-5-10-22(19)24;1-10-8-16(9-11(2)17-10)14-6-4-5-13(7-14)12(3)15;10-8-4-2-1-3-7(8)5-6-9(11)12/h4-13,16-18H,14-15H2,1-3H3,(H,25,27);4-7,10-12H,8-9,15H2,1-3H3;1-6H,(H,11,12)/b12-11+;;6-5+/t16-,17+,18-;10-,11+,12-;/m00./s1. The van der Waals surface area contributed by atoms with Crippen LogP contribution >= 0.6 is 0 Å².